The third kappa shape index (κ3) is 3.99. The number of nitrogens with one attached hydrogen (secondary N) is 1. The van der Waals surface area contributed by atoms with Crippen molar-refractivity contribution in [3.8, 4) is 5.69 Å². The predicted octanol–water partition coefficient (Wildman–Crippen LogP) is 4.25. The van der Waals surface area contributed by atoms with Gasteiger partial charge in [0.2, 0.25) is 5.17 Å². The largest absolute Gasteiger partial charge is 0.317 e. The lowest BCUT2D eigenvalue weighted by Gasteiger charge is -2.20. The lowest BCUT2D eigenvalue weighted by molar-refractivity contribution is -0.384. The Balaban J connectivity index is 1.45. The highest BCUT2D eigenvalue weighted by atomic mass is 32.2. The lowest BCUT2D eigenvalue weighted by atomic mass is 10.1. The van der Waals surface area contributed by atoms with Gasteiger partial charge in [-0.15, -0.1) is 0 Å². The topological polar surface area (TPSA) is 117 Å². The number of aliphatic imine (C=N–C) groups is 1. The Bertz CT molecular complexity index is 1390. The molecule has 0 spiro atoms. The second-order valence-electron chi connectivity index (χ2n) is 7.26. The molecule has 10 heteroatoms. The Morgan fingerprint density at radius 1 is 1.09 bits per heavy atom. The summed E-state index contributed by atoms with van der Waals surface area (Å²) in [5.41, 5.74) is 2.29. The van der Waals surface area contributed by atoms with Gasteiger partial charge >= 0.3 is 0 Å². The number of hydrazone groups is 1. The molecule has 0 fully saturated rings. The third-order valence-corrected chi connectivity index (χ3v) is 5.99. The summed E-state index contributed by atoms with van der Waals surface area (Å²) in [6.45, 7) is 0. The molecule has 3 heterocycles. The van der Waals surface area contributed by atoms with Crippen LogP contribution in [0, 0.1) is 15.5 Å². The zero-order chi connectivity index (χ0) is 22.9. The summed E-state index contributed by atoms with van der Waals surface area (Å²) in [7, 11) is 0. The minimum Gasteiger partial charge on any atom is -0.317 e. The quantitative estimate of drug-likeness (QED) is 0.350. The van der Waals surface area contributed by atoms with Gasteiger partial charge in [0.05, 0.1) is 16.2 Å². The van der Waals surface area contributed by atoms with Crippen LogP contribution < -0.4 is 0 Å². The zero-order valence-corrected chi connectivity index (χ0v) is 17.9. The van der Waals surface area contributed by atoms with Gasteiger partial charge in [-0.1, -0.05) is 36.4 Å². The highest BCUT2D eigenvalue weighted by molar-refractivity contribution is 8.26. The number of carbonyl (C=O) groups is 1. The molecule has 2 aliphatic heterocycles. The average molecular weight is 456 g/mol. The molecule has 0 aliphatic carbocycles. The van der Waals surface area contributed by atoms with E-state index in [9.17, 15) is 14.9 Å². The molecule has 0 unspecified atom stereocenters. The Labute approximate surface area is 192 Å². The van der Waals surface area contributed by atoms with Crippen LogP contribution in [0.2, 0.25) is 0 Å². The molecule has 2 aromatic carbocycles. The number of nitro groups is 1. The first-order valence-electron chi connectivity index (χ1n) is 9.95. The van der Waals surface area contributed by atoms with Crippen LogP contribution in [0.3, 0.4) is 0 Å². The molecular formula is C23H16N6O3S. The van der Waals surface area contributed by atoms with Crippen molar-refractivity contribution in [3.05, 3.63) is 99.9 Å². The Hall–Kier alpha value is -4.31. The second-order valence-corrected chi connectivity index (χ2v) is 8.30. The number of amidine groups is 2. The van der Waals surface area contributed by atoms with Gasteiger partial charge in [-0.25, -0.2) is 0 Å². The summed E-state index contributed by atoms with van der Waals surface area (Å²) >= 11 is 1.28. The fourth-order valence-electron chi connectivity index (χ4n) is 3.52. The van der Waals surface area contributed by atoms with Crippen LogP contribution in [0.1, 0.15) is 11.3 Å². The van der Waals surface area contributed by atoms with E-state index in [2.05, 4.69) is 10.1 Å². The summed E-state index contributed by atoms with van der Waals surface area (Å²) in [6, 6.07) is 19.5. The van der Waals surface area contributed by atoms with E-state index in [0.29, 0.717) is 23.0 Å². The Morgan fingerprint density at radius 2 is 1.91 bits per heavy atom. The molecule has 2 aliphatic rings. The van der Waals surface area contributed by atoms with Crippen LogP contribution in [-0.4, -0.2) is 36.5 Å². The molecule has 1 N–H and O–H groups in total. The number of aromatic nitrogens is 1. The summed E-state index contributed by atoms with van der Waals surface area (Å²) in [5.74, 6) is -0.589. The Kier molecular flexibility index (Phi) is 5.19. The van der Waals surface area contributed by atoms with E-state index in [1.165, 1.54) is 28.9 Å². The van der Waals surface area contributed by atoms with E-state index < -0.39 is 10.8 Å². The highest BCUT2D eigenvalue weighted by Gasteiger charge is 2.35. The van der Waals surface area contributed by atoms with E-state index in [1.54, 1.807) is 41.1 Å². The number of non-ortho nitro benzene ring substituents is 1. The van der Waals surface area contributed by atoms with Crippen LogP contribution in [0.25, 0.3) is 11.8 Å². The fraction of sp³-hybridized carbons (Fsp3) is 0.0435. The molecule has 1 amide bonds. The second kappa shape index (κ2) is 8.32. The van der Waals surface area contributed by atoms with Crippen molar-refractivity contribution in [3.63, 3.8) is 0 Å². The summed E-state index contributed by atoms with van der Waals surface area (Å²) < 4.78 is 1.71. The van der Waals surface area contributed by atoms with Crippen molar-refractivity contribution in [2.75, 3.05) is 0 Å². The molecule has 5 rings (SSSR count). The smallest absolute Gasteiger partial charge is 0.283 e. The van der Waals surface area contributed by atoms with Crippen molar-refractivity contribution in [2.45, 2.75) is 6.42 Å². The maximum Gasteiger partial charge on any atom is 0.283 e. The van der Waals surface area contributed by atoms with Crippen molar-refractivity contribution in [2.24, 2.45) is 10.1 Å². The molecule has 9 nitrogen and oxygen atoms in total. The van der Waals surface area contributed by atoms with Gasteiger partial charge in [-0.2, -0.15) is 15.1 Å². The lowest BCUT2D eigenvalue weighted by Crippen LogP contribution is -2.35. The van der Waals surface area contributed by atoms with Crippen LogP contribution >= 0.6 is 11.8 Å². The number of hydrogen-bond acceptors (Lipinski definition) is 6. The van der Waals surface area contributed by atoms with E-state index in [1.807, 2.05) is 30.3 Å². The number of rotatable bonds is 5. The molecule has 0 radical (unpaired) electrons. The number of carbonyl (C=O) groups excluding carboxylic acids is 1. The standard InChI is InChI=1S/C23H16N6O3S/c24-21-19(14-17-10-5-11-27(17)16-8-4-9-18(13-16)29(31)32)22(30)25-23-28(21)26-20(33-23)12-15-6-2-1-3-7-15/h1-11,13-14,24H,12H2/b19-14-,24-21?. The van der Waals surface area contributed by atoms with Crippen LogP contribution in [0.15, 0.2) is 88.6 Å². The van der Waals surface area contributed by atoms with Gasteiger partial charge in [0.1, 0.15) is 5.04 Å². The van der Waals surface area contributed by atoms with E-state index in [4.69, 9.17) is 5.41 Å². The summed E-state index contributed by atoms with van der Waals surface area (Å²) in [5, 5.41) is 26.7. The first-order valence-corrected chi connectivity index (χ1v) is 10.8. The van der Waals surface area contributed by atoms with Crippen molar-refractivity contribution >= 4 is 45.5 Å². The normalized spacial score (nSPS) is 16.6. The molecule has 162 valence electrons. The minimum atomic E-state index is -0.526. The first-order chi connectivity index (χ1) is 16.0. The van der Waals surface area contributed by atoms with Crippen LogP contribution in [-0.2, 0) is 11.2 Å². The van der Waals surface area contributed by atoms with Gasteiger partial charge < -0.3 is 4.57 Å². The zero-order valence-electron chi connectivity index (χ0n) is 17.1. The number of benzene rings is 2. The number of amides is 1. The van der Waals surface area contributed by atoms with Gasteiger partial charge in [0, 0.05) is 30.4 Å². The summed E-state index contributed by atoms with van der Waals surface area (Å²) in [6.07, 6.45) is 3.87. The van der Waals surface area contributed by atoms with Crippen LogP contribution in [0.4, 0.5) is 5.69 Å². The maximum atomic E-state index is 12.7. The molecule has 1 aromatic heterocycles. The fourth-order valence-corrected chi connectivity index (χ4v) is 4.44. The molecule has 33 heavy (non-hydrogen) atoms. The number of fused-ring (bicyclic) bond motifs is 1. The van der Waals surface area contributed by atoms with Gasteiger partial charge in [-0.05, 0) is 41.6 Å². The van der Waals surface area contributed by atoms with Crippen molar-refractivity contribution in [1.82, 2.24) is 9.58 Å². The van der Waals surface area contributed by atoms with E-state index in [0.717, 1.165) is 10.6 Å². The molecule has 0 saturated carbocycles. The van der Waals surface area contributed by atoms with E-state index >= 15 is 0 Å². The SMILES string of the molecule is N=C1/C(=C/c2cccn2-c2cccc([N+](=O)[O-])c2)C(=O)N=C2SC(Cc3ccccc3)=NN12. The van der Waals surface area contributed by atoms with E-state index in [-0.39, 0.29) is 17.1 Å². The van der Waals surface area contributed by atoms with Gasteiger partial charge in [-0.3, -0.25) is 20.3 Å². The molecule has 0 bridgehead atoms. The van der Waals surface area contributed by atoms with Gasteiger partial charge in [0.25, 0.3) is 11.6 Å². The third-order valence-electron chi connectivity index (χ3n) is 5.09. The average Bonchev–Trinajstić information content (AvgIpc) is 3.44. The molecular weight excluding hydrogens is 440 g/mol. The number of nitro benzene ring substituents is 1. The van der Waals surface area contributed by atoms with Crippen molar-refractivity contribution in [1.29, 1.82) is 5.41 Å². The molecule has 3 aromatic rings. The molecule has 0 atom stereocenters. The first kappa shape index (κ1) is 20.6. The Morgan fingerprint density at radius 3 is 2.70 bits per heavy atom. The van der Waals surface area contributed by atoms with Crippen molar-refractivity contribution < 1.29 is 9.72 Å². The number of nitrogens with zero attached hydrogens (tertiary/aromatic N) is 5. The highest BCUT2D eigenvalue weighted by Crippen LogP contribution is 2.30. The van der Waals surface area contributed by atoms with Gasteiger partial charge in [0.15, 0.2) is 5.84 Å². The number of hydrogen-bond donors (Lipinski definition) is 1. The monoisotopic (exact) mass is 456 g/mol. The summed E-state index contributed by atoms with van der Waals surface area (Å²) in [4.78, 5) is 27.6. The minimum absolute atomic E-state index is 0.0371. The number of thioether (sulfide) groups is 1. The molecule has 0 saturated heterocycles. The predicted molar refractivity (Wildman–Crippen MR) is 128 cm³/mol. The van der Waals surface area contributed by atoms with Crippen LogP contribution in [0.5, 0.6) is 0 Å². The maximum absolute atomic E-state index is 12.7.